The molecule has 0 aliphatic carbocycles. The van der Waals surface area contributed by atoms with Gasteiger partial charge in [0.2, 0.25) is 0 Å². The van der Waals surface area contributed by atoms with Crippen LogP contribution in [0.4, 0.5) is 10.1 Å². The van der Waals surface area contributed by atoms with Crippen molar-refractivity contribution in [2.45, 2.75) is 102 Å². The maximum Gasteiger partial charge on any atom is 0.267 e. The van der Waals surface area contributed by atoms with Crippen molar-refractivity contribution in [1.29, 1.82) is 0 Å². The molecule has 0 aromatic heterocycles. The zero-order valence-corrected chi connectivity index (χ0v) is 22.6. The highest BCUT2D eigenvalue weighted by Crippen LogP contribution is 2.17. The van der Waals surface area contributed by atoms with Gasteiger partial charge in [-0.2, -0.15) is 0 Å². The van der Waals surface area contributed by atoms with Crippen LogP contribution in [0.25, 0.3) is 0 Å². The second kappa shape index (κ2) is 17.1. The molecule has 0 unspecified atom stereocenters. The summed E-state index contributed by atoms with van der Waals surface area (Å²) in [4.78, 5) is 12.3. The molecular weight excluding hydrogens is 475 g/mol. The molecule has 1 amide bonds. The van der Waals surface area contributed by atoms with Gasteiger partial charge in [0, 0.05) is 12.2 Å². The molecule has 2 aromatic carbocycles. The summed E-state index contributed by atoms with van der Waals surface area (Å²) in [7, 11) is -4.05. The van der Waals surface area contributed by atoms with Gasteiger partial charge in [-0.15, -0.1) is 0 Å². The summed E-state index contributed by atoms with van der Waals surface area (Å²) in [6.45, 7) is 2.98. The van der Waals surface area contributed by atoms with Gasteiger partial charge in [-0.1, -0.05) is 109 Å². The Morgan fingerprint density at radius 3 is 1.81 bits per heavy atom. The lowest BCUT2D eigenvalue weighted by atomic mass is 10.0. The van der Waals surface area contributed by atoms with Crippen LogP contribution in [0.2, 0.25) is 0 Å². The lowest BCUT2D eigenvalue weighted by Gasteiger charge is -2.10. The summed E-state index contributed by atoms with van der Waals surface area (Å²) in [6.07, 6.45) is 18.2. The smallest absolute Gasteiger partial charge is 0.267 e. The maximum atomic E-state index is 14.5. The van der Waals surface area contributed by atoms with Gasteiger partial charge in [0.15, 0.2) is 0 Å². The first-order valence-electron chi connectivity index (χ1n) is 13.6. The fraction of sp³-hybridized carbons (Fsp3) is 0.552. The Bertz CT molecular complexity index is 997. The molecule has 200 valence electrons. The summed E-state index contributed by atoms with van der Waals surface area (Å²) in [5, 5.41) is 3.18. The van der Waals surface area contributed by atoms with Gasteiger partial charge < -0.3 is 5.32 Å². The highest BCUT2D eigenvalue weighted by atomic mass is 32.2. The van der Waals surface area contributed by atoms with Crippen LogP contribution in [0, 0.1) is 5.82 Å². The van der Waals surface area contributed by atoms with Gasteiger partial charge in [0.05, 0.1) is 10.5 Å². The topological polar surface area (TPSA) is 75.3 Å². The molecule has 2 rings (SSSR count). The Hall–Kier alpha value is -2.41. The van der Waals surface area contributed by atoms with Crippen LogP contribution in [0.15, 0.2) is 53.4 Å². The molecule has 5 nitrogen and oxygen atoms in total. The fourth-order valence-electron chi connectivity index (χ4n) is 4.20. The van der Waals surface area contributed by atoms with E-state index in [1.54, 1.807) is 24.3 Å². The van der Waals surface area contributed by atoms with Crippen molar-refractivity contribution >= 4 is 21.6 Å². The monoisotopic (exact) mass is 518 g/mol. The molecule has 0 spiro atoms. The van der Waals surface area contributed by atoms with Crippen LogP contribution >= 0.6 is 0 Å². The third kappa shape index (κ3) is 11.5. The first-order chi connectivity index (χ1) is 17.4. The van der Waals surface area contributed by atoms with E-state index < -0.39 is 21.7 Å². The third-order valence-corrected chi connectivity index (χ3v) is 7.70. The van der Waals surface area contributed by atoms with Crippen molar-refractivity contribution in [2.75, 3.05) is 11.9 Å². The van der Waals surface area contributed by atoms with E-state index in [-0.39, 0.29) is 10.5 Å². The number of carbonyl (C=O) groups is 1. The largest absolute Gasteiger partial charge is 0.385 e. The highest BCUT2D eigenvalue weighted by Gasteiger charge is 2.20. The van der Waals surface area contributed by atoms with E-state index in [4.69, 9.17) is 0 Å². The number of carbonyl (C=O) groups excluding carboxylic acids is 1. The molecule has 0 heterocycles. The van der Waals surface area contributed by atoms with Gasteiger partial charge in [-0.25, -0.2) is 17.5 Å². The summed E-state index contributed by atoms with van der Waals surface area (Å²) in [5.74, 6) is -1.75. The molecule has 7 heteroatoms. The van der Waals surface area contributed by atoms with Gasteiger partial charge >= 0.3 is 0 Å². The molecule has 36 heavy (non-hydrogen) atoms. The molecule has 0 aliphatic rings. The number of nitrogens with one attached hydrogen (secondary N) is 2. The van der Waals surface area contributed by atoms with Crippen LogP contribution in [0.5, 0.6) is 0 Å². The van der Waals surface area contributed by atoms with E-state index in [1.807, 2.05) is 4.72 Å². The lowest BCUT2D eigenvalue weighted by Crippen LogP contribution is -2.31. The molecule has 2 aromatic rings. The Labute approximate surface area is 217 Å². The first kappa shape index (κ1) is 29.8. The highest BCUT2D eigenvalue weighted by molar-refractivity contribution is 7.90. The number of anilines is 1. The predicted octanol–water partition coefficient (Wildman–Crippen LogP) is 7.84. The first-order valence-corrected chi connectivity index (χ1v) is 15.1. The minimum atomic E-state index is -4.05. The van der Waals surface area contributed by atoms with Gasteiger partial charge in [-0.05, 0) is 36.8 Å². The molecule has 0 radical (unpaired) electrons. The molecule has 0 bridgehead atoms. The van der Waals surface area contributed by atoms with Crippen LogP contribution in [-0.2, 0) is 10.0 Å². The minimum Gasteiger partial charge on any atom is -0.385 e. The molecule has 0 saturated heterocycles. The predicted molar refractivity (Wildman–Crippen MR) is 146 cm³/mol. The Kier molecular flexibility index (Phi) is 14.2. The number of halogens is 1. The van der Waals surface area contributed by atoms with Gasteiger partial charge in [0.1, 0.15) is 5.82 Å². The lowest BCUT2D eigenvalue weighted by molar-refractivity contribution is 0.0977. The molecule has 0 saturated carbocycles. The number of unbranched alkanes of at least 4 members (excludes halogenated alkanes) is 13. The summed E-state index contributed by atoms with van der Waals surface area (Å²) in [6, 6.07) is 11.7. The molecule has 2 N–H and O–H groups in total. The zero-order valence-electron chi connectivity index (χ0n) is 21.7. The second-order valence-corrected chi connectivity index (χ2v) is 11.1. The van der Waals surface area contributed by atoms with Crippen LogP contribution in [-0.4, -0.2) is 20.9 Å². The summed E-state index contributed by atoms with van der Waals surface area (Å²) >= 11 is 0. The summed E-state index contributed by atoms with van der Waals surface area (Å²) in [5.41, 5.74) is 0.265. The number of benzene rings is 2. The molecular formula is C29H43FN2O3S. The molecule has 0 aliphatic heterocycles. The maximum absolute atomic E-state index is 14.5. The van der Waals surface area contributed by atoms with E-state index in [1.165, 1.54) is 101 Å². The standard InChI is InChI=1S/C29H43FN2O3S/c1-2-3-4-5-6-7-8-9-10-11-12-13-14-18-23-31-25-21-22-27(28(30)24-25)29(33)32-36(34,35)26-19-16-15-17-20-26/h15-17,19-22,24,31H,2-14,18,23H2,1H3,(H,32,33). The zero-order chi connectivity index (χ0) is 26.1. The van der Waals surface area contributed by atoms with Crippen molar-refractivity contribution in [3.05, 3.63) is 59.9 Å². The fourth-order valence-corrected chi connectivity index (χ4v) is 5.18. The van der Waals surface area contributed by atoms with Gasteiger partial charge in [0.25, 0.3) is 15.9 Å². The van der Waals surface area contributed by atoms with E-state index in [0.717, 1.165) is 19.4 Å². The Morgan fingerprint density at radius 1 is 0.750 bits per heavy atom. The number of sulfonamides is 1. The van der Waals surface area contributed by atoms with E-state index in [9.17, 15) is 17.6 Å². The number of hydrogen-bond donors (Lipinski definition) is 2. The van der Waals surface area contributed by atoms with Crippen molar-refractivity contribution in [2.24, 2.45) is 0 Å². The van der Waals surface area contributed by atoms with E-state index >= 15 is 0 Å². The van der Waals surface area contributed by atoms with Gasteiger partial charge in [-0.3, -0.25) is 4.79 Å². The third-order valence-electron chi connectivity index (χ3n) is 6.35. The molecule has 0 atom stereocenters. The van der Waals surface area contributed by atoms with E-state index in [0.29, 0.717) is 5.69 Å². The number of amides is 1. The summed E-state index contributed by atoms with van der Waals surface area (Å²) < 4.78 is 41.0. The Morgan fingerprint density at radius 2 is 1.28 bits per heavy atom. The van der Waals surface area contributed by atoms with Crippen LogP contribution < -0.4 is 10.0 Å². The average molecular weight is 519 g/mol. The SMILES string of the molecule is CCCCCCCCCCCCCCCCNc1ccc(C(=O)NS(=O)(=O)c2ccccc2)c(F)c1. The van der Waals surface area contributed by atoms with Crippen LogP contribution in [0.3, 0.4) is 0 Å². The van der Waals surface area contributed by atoms with Crippen molar-refractivity contribution < 1.29 is 17.6 Å². The van der Waals surface area contributed by atoms with Crippen molar-refractivity contribution in [3.8, 4) is 0 Å². The molecule has 0 fully saturated rings. The van der Waals surface area contributed by atoms with Crippen molar-refractivity contribution in [3.63, 3.8) is 0 Å². The normalized spacial score (nSPS) is 11.4. The number of rotatable bonds is 19. The van der Waals surface area contributed by atoms with Crippen LogP contribution in [0.1, 0.15) is 107 Å². The van der Waals surface area contributed by atoms with E-state index in [2.05, 4.69) is 12.2 Å². The van der Waals surface area contributed by atoms with Crippen molar-refractivity contribution in [1.82, 2.24) is 4.72 Å². The second-order valence-electron chi connectivity index (χ2n) is 9.47. The quantitative estimate of drug-likeness (QED) is 0.186. The number of hydrogen-bond acceptors (Lipinski definition) is 4. The average Bonchev–Trinajstić information content (AvgIpc) is 2.86. The minimum absolute atomic E-state index is 0.0507. The Balaban J connectivity index is 1.57.